The van der Waals surface area contributed by atoms with Gasteiger partial charge in [0.05, 0.1) is 22.0 Å². The van der Waals surface area contributed by atoms with E-state index < -0.39 is 26.2 Å². The smallest absolute Gasteiger partial charge is 0.243 e. The summed E-state index contributed by atoms with van der Waals surface area (Å²) < 4.78 is 68.7. The van der Waals surface area contributed by atoms with Crippen molar-refractivity contribution in [3.63, 3.8) is 0 Å². The lowest BCUT2D eigenvalue weighted by Gasteiger charge is -2.38. The summed E-state index contributed by atoms with van der Waals surface area (Å²) in [6.07, 6.45) is 3.16. The summed E-state index contributed by atoms with van der Waals surface area (Å²) in [6.45, 7) is 3.70. The number of nitrogens with one attached hydrogen (secondary N) is 3. The number of hydrogen-bond donors (Lipinski definition) is 4. The number of aliphatic hydroxyl groups excluding tert-OH is 1. The molecule has 3 heterocycles. The molecule has 46 heavy (non-hydrogen) atoms. The molecule has 2 unspecified atom stereocenters. The van der Waals surface area contributed by atoms with Gasteiger partial charge in [-0.3, -0.25) is 0 Å². The third kappa shape index (κ3) is 7.91. The number of rotatable bonds is 12. The van der Waals surface area contributed by atoms with Gasteiger partial charge in [-0.1, -0.05) is 36.4 Å². The van der Waals surface area contributed by atoms with Gasteiger partial charge in [0.2, 0.25) is 20.0 Å². The minimum Gasteiger partial charge on any atom is -0.491 e. The molecule has 3 aromatic rings. The largest absolute Gasteiger partial charge is 0.491 e. The number of sulfonamides is 2. The Labute approximate surface area is 271 Å². The van der Waals surface area contributed by atoms with Crippen LogP contribution in [0.25, 0.3) is 10.8 Å². The third-order valence-electron chi connectivity index (χ3n) is 9.36. The molecule has 3 atom stereocenters. The first kappa shape index (κ1) is 33.3. The van der Waals surface area contributed by atoms with Crippen molar-refractivity contribution in [1.29, 1.82) is 0 Å². The van der Waals surface area contributed by atoms with E-state index in [-0.39, 0.29) is 35.6 Å². The average Bonchev–Trinajstić information content (AvgIpc) is 3.48. The van der Waals surface area contributed by atoms with E-state index in [9.17, 15) is 21.9 Å². The zero-order chi connectivity index (χ0) is 32.2. The van der Waals surface area contributed by atoms with Crippen molar-refractivity contribution in [2.24, 2.45) is 5.92 Å². The highest BCUT2D eigenvalue weighted by Crippen LogP contribution is 2.37. The highest BCUT2D eigenvalue weighted by atomic mass is 32.2. The number of aliphatic hydroxyl groups is 1. The Hall–Kier alpha value is -2.62. The highest BCUT2D eigenvalue weighted by molar-refractivity contribution is 7.89. The van der Waals surface area contributed by atoms with Crippen LogP contribution in [-0.4, -0.2) is 96.5 Å². The Morgan fingerprint density at radius 2 is 1.80 bits per heavy atom. The molecule has 0 saturated carbocycles. The first-order valence-corrected chi connectivity index (χ1v) is 19.0. The number of piperidine rings is 2. The van der Waals surface area contributed by atoms with Gasteiger partial charge in [-0.2, -0.15) is 4.31 Å². The van der Waals surface area contributed by atoms with Gasteiger partial charge in [-0.05, 0) is 86.1 Å². The van der Waals surface area contributed by atoms with Crippen LogP contribution in [-0.2, 0) is 24.8 Å². The Balaban J connectivity index is 0.939. The molecule has 3 aliphatic rings. The molecule has 0 amide bonds. The van der Waals surface area contributed by atoms with E-state index in [0.29, 0.717) is 49.7 Å². The lowest BCUT2D eigenvalue weighted by atomic mass is 9.88. The SMILES string of the molecule is O=S(=O)(NCC1CCCNC1)c1cccc(OC[C@@H](O)CNC2COC3(CCN(S(=O)(=O)c4ccc5ccccc5c4)CC3)C2)c1. The van der Waals surface area contributed by atoms with Crippen molar-refractivity contribution in [1.82, 2.24) is 19.7 Å². The maximum absolute atomic E-state index is 13.4. The molecule has 4 N–H and O–H groups in total. The second kappa shape index (κ2) is 14.2. The van der Waals surface area contributed by atoms with Gasteiger partial charge in [0.25, 0.3) is 0 Å². The lowest BCUT2D eigenvalue weighted by Crippen LogP contribution is -2.47. The summed E-state index contributed by atoms with van der Waals surface area (Å²) in [7, 11) is -7.28. The van der Waals surface area contributed by atoms with E-state index in [1.807, 2.05) is 30.3 Å². The van der Waals surface area contributed by atoms with E-state index >= 15 is 0 Å². The van der Waals surface area contributed by atoms with Crippen LogP contribution in [0.5, 0.6) is 5.75 Å². The van der Waals surface area contributed by atoms with Crippen LogP contribution in [0, 0.1) is 5.92 Å². The summed E-state index contributed by atoms with van der Waals surface area (Å²) in [6, 6.07) is 19.3. The quantitative estimate of drug-likeness (QED) is 0.228. The highest BCUT2D eigenvalue weighted by Gasteiger charge is 2.44. The van der Waals surface area contributed by atoms with Crippen LogP contribution in [0.3, 0.4) is 0 Å². The predicted octanol–water partition coefficient (Wildman–Crippen LogP) is 2.46. The Kier molecular flexibility index (Phi) is 10.3. The third-order valence-corrected chi connectivity index (χ3v) is 12.7. The fraction of sp³-hybridized carbons (Fsp3) is 0.515. The standard InChI is InChI=1S/C33H44N4O7S2/c38-29(24-43-30-8-3-9-31(18-30)45(39,40)36-21-25-5-4-14-34-20-25)22-35-28-19-33(44-23-28)12-15-37(16-13-33)46(41,42)32-11-10-26-6-1-2-7-27(26)17-32/h1-3,6-11,17-18,25,28-29,34-36,38H,4-5,12-16,19-24H2/t25?,28?,29-/m0/s1. The summed E-state index contributed by atoms with van der Waals surface area (Å²) in [5, 5.41) is 19.1. The van der Waals surface area contributed by atoms with Crippen molar-refractivity contribution >= 4 is 30.8 Å². The molecule has 0 bridgehead atoms. The maximum atomic E-state index is 13.4. The minimum atomic E-state index is -3.67. The molecule has 6 rings (SSSR count). The molecule has 3 saturated heterocycles. The first-order chi connectivity index (χ1) is 22.1. The fourth-order valence-electron chi connectivity index (χ4n) is 6.63. The van der Waals surface area contributed by atoms with Crippen LogP contribution >= 0.6 is 0 Å². The maximum Gasteiger partial charge on any atom is 0.243 e. The zero-order valence-corrected chi connectivity index (χ0v) is 27.6. The van der Waals surface area contributed by atoms with Crippen LogP contribution in [0.2, 0.25) is 0 Å². The van der Waals surface area contributed by atoms with Gasteiger partial charge in [-0.15, -0.1) is 0 Å². The van der Waals surface area contributed by atoms with Gasteiger partial charge < -0.3 is 25.2 Å². The van der Waals surface area contributed by atoms with Gasteiger partial charge in [0, 0.05) is 38.3 Å². The fourth-order valence-corrected chi connectivity index (χ4v) is 9.26. The average molecular weight is 673 g/mol. The number of ether oxygens (including phenoxy) is 2. The van der Waals surface area contributed by atoms with Crippen molar-refractivity contribution in [3.8, 4) is 5.75 Å². The molecule has 11 nitrogen and oxygen atoms in total. The van der Waals surface area contributed by atoms with Crippen molar-refractivity contribution in [3.05, 3.63) is 66.7 Å². The van der Waals surface area contributed by atoms with Crippen LogP contribution in [0.4, 0.5) is 0 Å². The van der Waals surface area contributed by atoms with Crippen molar-refractivity contribution in [2.75, 3.05) is 52.5 Å². The number of hydrogen-bond acceptors (Lipinski definition) is 9. The van der Waals surface area contributed by atoms with Crippen LogP contribution in [0.15, 0.2) is 76.5 Å². The second-order valence-electron chi connectivity index (χ2n) is 12.7. The van der Waals surface area contributed by atoms with E-state index in [0.717, 1.165) is 43.1 Å². The summed E-state index contributed by atoms with van der Waals surface area (Å²) in [4.78, 5) is 0.439. The zero-order valence-electron chi connectivity index (χ0n) is 25.9. The Morgan fingerprint density at radius 1 is 1.00 bits per heavy atom. The molecule has 250 valence electrons. The molecule has 3 fully saturated rings. The number of fused-ring (bicyclic) bond motifs is 1. The molecule has 3 aromatic carbocycles. The van der Waals surface area contributed by atoms with Crippen molar-refractivity contribution < 1.29 is 31.4 Å². The second-order valence-corrected chi connectivity index (χ2v) is 16.4. The van der Waals surface area contributed by atoms with Crippen molar-refractivity contribution in [2.45, 2.75) is 59.6 Å². The Bertz CT molecular complexity index is 1710. The monoisotopic (exact) mass is 672 g/mol. The van der Waals surface area contributed by atoms with Gasteiger partial charge in [0.15, 0.2) is 0 Å². The summed E-state index contributed by atoms with van der Waals surface area (Å²) in [5.74, 6) is 0.644. The first-order valence-electron chi connectivity index (χ1n) is 16.1. The van der Waals surface area contributed by atoms with E-state index in [1.54, 1.807) is 28.6 Å². The van der Waals surface area contributed by atoms with Crippen LogP contribution in [0.1, 0.15) is 32.1 Å². The van der Waals surface area contributed by atoms with Gasteiger partial charge in [-0.25, -0.2) is 21.6 Å². The van der Waals surface area contributed by atoms with Gasteiger partial charge >= 0.3 is 0 Å². The molecule has 0 aliphatic carbocycles. The van der Waals surface area contributed by atoms with Crippen LogP contribution < -0.4 is 20.1 Å². The van der Waals surface area contributed by atoms with Gasteiger partial charge in [0.1, 0.15) is 18.5 Å². The van der Waals surface area contributed by atoms with E-state index in [1.165, 1.54) is 12.1 Å². The molecule has 3 aliphatic heterocycles. The molecule has 0 radical (unpaired) electrons. The molecule has 1 spiro atoms. The lowest BCUT2D eigenvalue weighted by molar-refractivity contribution is -0.0312. The number of nitrogens with zero attached hydrogens (tertiary/aromatic N) is 1. The minimum absolute atomic E-state index is 0.00200. The number of benzene rings is 3. The summed E-state index contributed by atoms with van der Waals surface area (Å²) >= 11 is 0. The predicted molar refractivity (Wildman–Crippen MR) is 176 cm³/mol. The molecule has 13 heteroatoms. The molecule has 0 aromatic heterocycles. The topological polar surface area (TPSA) is 146 Å². The Morgan fingerprint density at radius 3 is 2.59 bits per heavy atom. The van der Waals surface area contributed by atoms with E-state index in [4.69, 9.17) is 9.47 Å². The van der Waals surface area contributed by atoms with E-state index in [2.05, 4.69) is 15.4 Å². The summed E-state index contributed by atoms with van der Waals surface area (Å²) in [5.41, 5.74) is -0.387. The normalized spacial score (nSPS) is 23.1. The molecular formula is C33H44N4O7S2. The molecular weight excluding hydrogens is 629 g/mol.